The molecule has 1 unspecified atom stereocenters. The number of aryl methyl sites for hydroxylation is 1. The third kappa shape index (κ3) is 4.29. The monoisotopic (exact) mass is 291 g/mol. The number of anilines is 1. The molecule has 0 aliphatic carbocycles. The number of ether oxygens (including phenoxy) is 1. The number of cyclic esters (lactones) is 1. The molecule has 1 aliphatic heterocycles. The Bertz CT molecular complexity index is 497. The number of amides is 1. The summed E-state index contributed by atoms with van der Waals surface area (Å²) >= 11 is 0. The maximum absolute atomic E-state index is 12.1. The van der Waals surface area contributed by atoms with Crippen LogP contribution in [0.25, 0.3) is 0 Å². The lowest BCUT2D eigenvalue weighted by Crippen LogP contribution is -3.18. The second-order valence-electron chi connectivity index (χ2n) is 5.50. The number of carbonyl (C=O) groups is 2. The SMILES string of the molecule is CCC[NH+]1CCOC(=O)[C@H]1CC(=O)Nc1ccc(C)cc1. The number of morpholine rings is 1. The van der Waals surface area contributed by atoms with Crippen LogP contribution in [0, 0.1) is 6.92 Å². The second kappa shape index (κ2) is 7.22. The van der Waals surface area contributed by atoms with E-state index >= 15 is 0 Å². The molecule has 1 aromatic rings. The van der Waals surface area contributed by atoms with Crippen LogP contribution in [0.3, 0.4) is 0 Å². The van der Waals surface area contributed by atoms with Gasteiger partial charge in [0.25, 0.3) is 0 Å². The summed E-state index contributed by atoms with van der Waals surface area (Å²) < 4.78 is 5.09. The molecule has 0 spiro atoms. The van der Waals surface area contributed by atoms with Crippen molar-refractivity contribution in [3.63, 3.8) is 0 Å². The van der Waals surface area contributed by atoms with Crippen molar-refractivity contribution in [3.8, 4) is 0 Å². The Kier molecular flexibility index (Phi) is 5.33. The molecule has 1 saturated heterocycles. The van der Waals surface area contributed by atoms with Crippen LogP contribution in [0.4, 0.5) is 5.69 Å². The minimum Gasteiger partial charge on any atom is -0.455 e. The van der Waals surface area contributed by atoms with E-state index in [1.807, 2.05) is 31.2 Å². The first-order valence-electron chi connectivity index (χ1n) is 7.48. The Hall–Kier alpha value is -1.88. The normalized spacial score (nSPS) is 21.7. The van der Waals surface area contributed by atoms with Crippen molar-refractivity contribution < 1.29 is 19.2 Å². The standard InChI is InChI=1S/C16H22N2O3/c1-3-8-18-9-10-21-16(20)14(18)11-15(19)17-13-6-4-12(2)5-7-13/h4-7,14H,3,8-11H2,1-2H3,(H,17,19)/p+1/t14-/m1/s1. The van der Waals surface area contributed by atoms with Gasteiger partial charge in [-0.1, -0.05) is 24.6 Å². The van der Waals surface area contributed by atoms with Gasteiger partial charge in [0.1, 0.15) is 13.2 Å². The molecule has 114 valence electrons. The van der Waals surface area contributed by atoms with Gasteiger partial charge in [0.2, 0.25) is 5.91 Å². The largest absolute Gasteiger partial charge is 0.455 e. The molecule has 2 N–H and O–H groups in total. The van der Waals surface area contributed by atoms with E-state index in [0.29, 0.717) is 6.61 Å². The van der Waals surface area contributed by atoms with E-state index in [4.69, 9.17) is 4.74 Å². The Labute approximate surface area is 125 Å². The van der Waals surface area contributed by atoms with Crippen molar-refractivity contribution in [2.24, 2.45) is 0 Å². The molecule has 21 heavy (non-hydrogen) atoms. The highest BCUT2D eigenvalue weighted by Crippen LogP contribution is 2.09. The fourth-order valence-electron chi connectivity index (χ4n) is 2.61. The van der Waals surface area contributed by atoms with Gasteiger partial charge in [-0.2, -0.15) is 0 Å². The Morgan fingerprint density at radius 1 is 1.38 bits per heavy atom. The van der Waals surface area contributed by atoms with Crippen molar-refractivity contribution in [3.05, 3.63) is 29.8 Å². The third-order valence-electron chi connectivity index (χ3n) is 3.74. The lowest BCUT2D eigenvalue weighted by molar-refractivity contribution is -0.921. The number of rotatable bonds is 5. The predicted molar refractivity (Wildman–Crippen MR) is 80.2 cm³/mol. The molecule has 1 aliphatic rings. The zero-order valence-electron chi connectivity index (χ0n) is 12.6. The van der Waals surface area contributed by atoms with Gasteiger partial charge in [0.15, 0.2) is 6.04 Å². The van der Waals surface area contributed by atoms with Crippen molar-refractivity contribution in [1.82, 2.24) is 0 Å². The van der Waals surface area contributed by atoms with Gasteiger partial charge in [-0.05, 0) is 25.5 Å². The Morgan fingerprint density at radius 3 is 2.76 bits per heavy atom. The van der Waals surface area contributed by atoms with Gasteiger partial charge in [-0.15, -0.1) is 0 Å². The van der Waals surface area contributed by atoms with Gasteiger partial charge in [-0.3, -0.25) is 4.79 Å². The Morgan fingerprint density at radius 2 is 2.10 bits per heavy atom. The van der Waals surface area contributed by atoms with Crippen molar-refractivity contribution in [2.45, 2.75) is 32.7 Å². The lowest BCUT2D eigenvalue weighted by atomic mass is 10.1. The molecule has 1 fully saturated rings. The highest BCUT2D eigenvalue weighted by Gasteiger charge is 2.36. The second-order valence-corrected chi connectivity index (χ2v) is 5.50. The smallest absolute Gasteiger partial charge is 0.365 e. The zero-order valence-corrected chi connectivity index (χ0v) is 12.6. The molecular weight excluding hydrogens is 268 g/mol. The molecule has 1 amide bonds. The molecule has 0 radical (unpaired) electrons. The highest BCUT2D eigenvalue weighted by atomic mass is 16.5. The molecule has 0 bridgehead atoms. The first-order valence-corrected chi connectivity index (χ1v) is 7.48. The zero-order chi connectivity index (χ0) is 15.2. The van der Waals surface area contributed by atoms with Gasteiger partial charge in [0, 0.05) is 5.69 Å². The van der Waals surface area contributed by atoms with E-state index in [1.54, 1.807) is 0 Å². The van der Waals surface area contributed by atoms with E-state index in [1.165, 1.54) is 0 Å². The summed E-state index contributed by atoms with van der Waals surface area (Å²) in [6, 6.07) is 7.23. The van der Waals surface area contributed by atoms with Crippen LogP contribution < -0.4 is 10.2 Å². The maximum Gasteiger partial charge on any atom is 0.365 e. The molecular formula is C16H23N2O3+. The van der Waals surface area contributed by atoms with Crippen LogP contribution in [0.1, 0.15) is 25.3 Å². The summed E-state index contributed by atoms with van der Waals surface area (Å²) in [5.74, 6) is -0.403. The molecule has 5 heteroatoms. The van der Waals surface area contributed by atoms with Crippen LogP contribution in [0.15, 0.2) is 24.3 Å². The topological polar surface area (TPSA) is 59.8 Å². The first kappa shape index (κ1) is 15.5. The molecule has 0 saturated carbocycles. The average Bonchev–Trinajstić information content (AvgIpc) is 2.45. The number of hydrogen-bond acceptors (Lipinski definition) is 3. The average molecular weight is 291 g/mol. The fourth-order valence-corrected chi connectivity index (χ4v) is 2.61. The van der Waals surface area contributed by atoms with E-state index in [-0.39, 0.29) is 24.3 Å². The van der Waals surface area contributed by atoms with Crippen LogP contribution in [-0.4, -0.2) is 37.6 Å². The number of benzene rings is 1. The summed E-state index contributed by atoms with van der Waals surface area (Å²) in [4.78, 5) is 25.2. The molecule has 1 heterocycles. The summed E-state index contributed by atoms with van der Waals surface area (Å²) in [6.45, 7) is 6.19. The molecule has 0 aromatic heterocycles. The van der Waals surface area contributed by atoms with Crippen LogP contribution in [0.5, 0.6) is 0 Å². The minimum absolute atomic E-state index is 0.142. The van der Waals surface area contributed by atoms with Crippen LogP contribution in [-0.2, 0) is 14.3 Å². The van der Waals surface area contributed by atoms with Crippen molar-refractivity contribution in [2.75, 3.05) is 25.0 Å². The van der Waals surface area contributed by atoms with Crippen LogP contribution in [0.2, 0.25) is 0 Å². The molecule has 2 rings (SSSR count). The van der Waals surface area contributed by atoms with Gasteiger partial charge >= 0.3 is 5.97 Å². The first-order chi connectivity index (χ1) is 10.1. The van der Waals surface area contributed by atoms with Crippen molar-refractivity contribution >= 4 is 17.6 Å². The number of esters is 1. The summed E-state index contributed by atoms with van der Waals surface area (Å²) in [5, 5.41) is 2.84. The van der Waals surface area contributed by atoms with Gasteiger partial charge in [0.05, 0.1) is 13.0 Å². The number of carbonyl (C=O) groups excluding carboxylic acids is 2. The molecule has 2 atom stereocenters. The fraction of sp³-hybridized carbons (Fsp3) is 0.500. The maximum atomic E-state index is 12.1. The minimum atomic E-state index is -0.385. The summed E-state index contributed by atoms with van der Waals surface area (Å²) in [5.41, 5.74) is 1.90. The van der Waals surface area contributed by atoms with E-state index in [9.17, 15) is 9.59 Å². The molecule has 1 aromatic carbocycles. The van der Waals surface area contributed by atoms with Crippen molar-refractivity contribution in [1.29, 1.82) is 0 Å². The predicted octanol–water partition coefficient (Wildman–Crippen LogP) is 0.544. The lowest BCUT2D eigenvalue weighted by Gasteiger charge is -2.30. The number of hydrogen-bond donors (Lipinski definition) is 2. The number of quaternary nitrogens is 1. The van der Waals surface area contributed by atoms with E-state index < -0.39 is 0 Å². The number of nitrogens with one attached hydrogen (secondary N) is 2. The van der Waals surface area contributed by atoms with Gasteiger partial charge < -0.3 is 15.0 Å². The molecule has 5 nitrogen and oxygen atoms in total. The van der Waals surface area contributed by atoms with E-state index in [0.717, 1.165) is 35.7 Å². The van der Waals surface area contributed by atoms with E-state index in [2.05, 4.69) is 12.2 Å². The summed E-state index contributed by atoms with van der Waals surface area (Å²) in [6.07, 6.45) is 1.15. The Balaban J connectivity index is 1.96. The van der Waals surface area contributed by atoms with Crippen LogP contribution >= 0.6 is 0 Å². The summed E-state index contributed by atoms with van der Waals surface area (Å²) in [7, 11) is 0. The highest BCUT2D eigenvalue weighted by molar-refractivity contribution is 5.93. The third-order valence-corrected chi connectivity index (χ3v) is 3.74. The quantitative estimate of drug-likeness (QED) is 0.779. The van der Waals surface area contributed by atoms with Gasteiger partial charge in [-0.25, -0.2) is 4.79 Å².